The van der Waals surface area contributed by atoms with Gasteiger partial charge in [0.15, 0.2) is 0 Å². The van der Waals surface area contributed by atoms with Gasteiger partial charge in [-0.25, -0.2) is 4.39 Å². The van der Waals surface area contributed by atoms with Gasteiger partial charge in [-0.05, 0) is 61.1 Å². The van der Waals surface area contributed by atoms with Gasteiger partial charge in [0.25, 0.3) is 5.91 Å². The van der Waals surface area contributed by atoms with Gasteiger partial charge in [0.05, 0.1) is 0 Å². The van der Waals surface area contributed by atoms with Crippen molar-refractivity contribution in [1.29, 1.82) is 0 Å². The summed E-state index contributed by atoms with van der Waals surface area (Å²) < 4.78 is 13.1. The van der Waals surface area contributed by atoms with Crippen LogP contribution in [0.3, 0.4) is 0 Å². The van der Waals surface area contributed by atoms with Crippen LogP contribution < -0.4 is 0 Å². The maximum Gasteiger partial charge on any atom is 0.253 e. The van der Waals surface area contributed by atoms with Gasteiger partial charge in [-0.2, -0.15) is 0 Å². The fraction of sp³-hybridized carbons (Fsp3) is 0.391. The van der Waals surface area contributed by atoms with Crippen molar-refractivity contribution in [2.24, 2.45) is 0 Å². The van der Waals surface area contributed by atoms with Crippen molar-refractivity contribution in [3.8, 4) is 0 Å². The van der Waals surface area contributed by atoms with Crippen LogP contribution in [0.15, 0.2) is 48.5 Å². The second-order valence-corrected chi connectivity index (χ2v) is 7.61. The number of nitrogens with zero attached hydrogens (tertiary/aromatic N) is 2. The highest BCUT2D eigenvalue weighted by atomic mass is 19.1. The van der Waals surface area contributed by atoms with E-state index >= 15 is 0 Å². The number of likely N-dealkylation sites (tertiary alicyclic amines) is 1. The molecule has 0 bridgehead atoms. The first kappa shape index (κ1) is 20.1. The smallest absolute Gasteiger partial charge is 0.253 e. The number of hydrogen-bond donors (Lipinski definition) is 0. The maximum atomic E-state index is 13.1. The first-order valence-corrected chi connectivity index (χ1v) is 9.78. The molecular weight excluding hydrogens is 355 g/mol. The molecule has 0 aromatic heterocycles. The first-order valence-electron chi connectivity index (χ1n) is 9.78. The quantitative estimate of drug-likeness (QED) is 0.764. The number of hydrogen-bond acceptors (Lipinski definition) is 2. The lowest BCUT2D eigenvalue weighted by Crippen LogP contribution is -2.36. The number of benzene rings is 2. The number of amides is 2. The average molecular weight is 382 g/mol. The minimum absolute atomic E-state index is 0.0247. The molecule has 2 aromatic rings. The molecule has 1 aliphatic heterocycles. The van der Waals surface area contributed by atoms with Crippen molar-refractivity contribution in [1.82, 2.24) is 9.80 Å². The SMILES string of the molecule is CN(C)C(=O)c1ccc(CCC(=O)N2CCCC2Cc2ccc(F)cc2)cc1. The summed E-state index contributed by atoms with van der Waals surface area (Å²) in [5.74, 6) is -0.0946. The van der Waals surface area contributed by atoms with Crippen LogP contribution in [0.2, 0.25) is 0 Å². The molecule has 148 valence electrons. The Morgan fingerprint density at radius 2 is 1.68 bits per heavy atom. The van der Waals surface area contributed by atoms with E-state index in [0.717, 1.165) is 36.9 Å². The molecular formula is C23H27FN2O2. The zero-order valence-electron chi connectivity index (χ0n) is 16.5. The van der Waals surface area contributed by atoms with E-state index in [9.17, 15) is 14.0 Å². The molecule has 1 fully saturated rings. The lowest BCUT2D eigenvalue weighted by molar-refractivity contribution is -0.131. The zero-order valence-corrected chi connectivity index (χ0v) is 16.5. The standard InChI is InChI=1S/C23H27FN2O2/c1-25(2)23(28)19-10-5-17(6-11-19)9-14-22(27)26-15-3-4-21(26)16-18-7-12-20(24)13-8-18/h5-8,10-13,21H,3-4,9,14-16H2,1-2H3. The normalized spacial score (nSPS) is 16.2. The number of carbonyl (C=O) groups excluding carboxylic acids is 2. The summed E-state index contributed by atoms with van der Waals surface area (Å²) in [4.78, 5) is 28.2. The Morgan fingerprint density at radius 3 is 2.32 bits per heavy atom. The van der Waals surface area contributed by atoms with Gasteiger partial charge in [-0.3, -0.25) is 9.59 Å². The summed E-state index contributed by atoms with van der Waals surface area (Å²) in [6.07, 6.45) is 3.90. The van der Waals surface area contributed by atoms with Crippen molar-refractivity contribution < 1.29 is 14.0 Å². The molecule has 5 heteroatoms. The number of halogens is 1. The van der Waals surface area contributed by atoms with E-state index < -0.39 is 0 Å². The molecule has 3 rings (SSSR count). The Balaban J connectivity index is 1.55. The molecule has 0 spiro atoms. The van der Waals surface area contributed by atoms with Gasteiger partial charge in [0.1, 0.15) is 5.82 Å². The second kappa shape index (κ2) is 9.00. The Morgan fingerprint density at radius 1 is 1.04 bits per heavy atom. The van der Waals surface area contributed by atoms with E-state index in [1.54, 1.807) is 31.1 Å². The third-order valence-electron chi connectivity index (χ3n) is 5.32. The summed E-state index contributed by atoms with van der Waals surface area (Å²) in [5, 5.41) is 0. The summed E-state index contributed by atoms with van der Waals surface area (Å²) in [5.41, 5.74) is 2.77. The Bertz CT molecular complexity index is 816. The van der Waals surface area contributed by atoms with Gasteiger partial charge in [0, 0.05) is 38.7 Å². The van der Waals surface area contributed by atoms with E-state index in [1.807, 2.05) is 29.2 Å². The molecule has 4 nitrogen and oxygen atoms in total. The molecule has 1 saturated heterocycles. The fourth-order valence-electron chi connectivity index (χ4n) is 3.74. The van der Waals surface area contributed by atoms with E-state index in [2.05, 4.69) is 0 Å². The molecule has 1 heterocycles. The molecule has 1 atom stereocenters. The van der Waals surface area contributed by atoms with Crippen molar-refractivity contribution in [3.05, 3.63) is 71.0 Å². The van der Waals surface area contributed by atoms with E-state index in [0.29, 0.717) is 18.4 Å². The van der Waals surface area contributed by atoms with Crippen LogP contribution in [-0.4, -0.2) is 48.3 Å². The number of rotatable bonds is 6. The average Bonchev–Trinajstić information content (AvgIpc) is 3.16. The summed E-state index contributed by atoms with van der Waals surface area (Å²) in [7, 11) is 3.46. The predicted octanol–water partition coefficient (Wildman–Crippen LogP) is 3.69. The topological polar surface area (TPSA) is 40.6 Å². The highest BCUT2D eigenvalue weighted by Gasteiger charge is 2.28. The molecule has 28 heavy (non-hydrogen) atoms. The third kappa shape index (κ3) is 4.97. The Labute approximate surface area is 166 Å². The minimum Gasteiger partial charge on any atom is -0.345 e. The van der Waals surface area contributed by atoms with Crippen molar-refractivity contribution in [3.63, 3.8) is 0 Å². The molecule has 0 radical (unpaired) electrons. The van der Waals surface area contributed by atoms with E-state index in [1.165, 1.54) is 12.1 Å². The van der Waals surface area contributed by atoms with Crippen LogP contribution in [0.1, 0.15) is 40.7 Å². The van der Waals surface area contributed by atoms with Crippen LogP contribution >= 0.6 is 0 Å². The van der Waals surface area contributed by atoms with Gasteiger partial charge in [-0.1, -0.05) is 24.3 Å². The number of aryl methyl sites for hydroxylation is 1. The lowest BCUT2D eigenvalue weighted by Gasteiger charge is -2.25. The third-order valence-corrected chi connectivity index (χ3v) is 5.32. The van der Waals surface area contributed by atoms with Gasteiger partial charge in [-0.15, -0.1) is 0 Å². The maximum absolute atomic E-state index is 13.1. The highest BCUT2D eigenvalue weighted by molar-refractivity contribution is 5.93. The van der Waals surface area contributed by atoms with Gasteiger partial charge < -0.3 is 9.80 Å². The van der Waals surface area contributed by atoms with Crippen LogP contribution in [0, 0.1) is 5.82 Å². The van der Waals surface area contributed by atoms with Gasteiger partial charge in [0.2, 0.25) is 5.91 Å². The Kier molecular flexibility index (Phi) is 6.45. The minimum atomic E-state index is -0.235. The molecule has 2 amide bonds. The highest BCUT2D eigenvalue weighted by Crippen LogP contribution is 2.23. The lowest BCUT2D eigenvalue weighted by atomic mass is 10.0. The molecule has 0 N–H and O–H groups in total. The summed E-state index contributed by atoms with van der Waals surface area (Å²) in [6.45, 7) is 0.793. The number of carbonyl (C=O) groups is 2. The molecule has 0 saturated carbocycles. The first-order chi connectivity index (χ1) is 13.4. The van der Waals surface area contributed by atoms with Crippen molar-refractivity contribution in [2.75, 3.05) is 20.6 Å². The molecule has 1 aliphatic rings. The van der Waals surface area contributed by atoms with Crippen LogP contribution in [0.25, 0.3) is 0 Å². The predicted molar refractivity (Wildman–Crippen MR) is 108 cm³/mol. The molecule has 0 aliphatic carbocycles. The summed E-state index contributed by atoms with van der Waals surface area (Å²) in [6, 6.07) is 14.2. The Hall–Kier alpha value is -2.69. The second-order valence-electron chi connectivity index (χ2n) is 7.61. The fourth-order valence-corrected chi connectivity index (χ4v) is 3.74. The molecule has 1 unspecified atom stereocenters. The summed E-state index contributed by atoms with van der Waals surface area (Å²) >= 11 is 0. The zero-order chi connectivity index (χ0) is 20.1. The molecule has 2 aromatic carbocycles. The monoisotopic (exact) mass is 382 g/mol. The van der Waals surface area contributed by atoms with Crippen LogP contribution in [0.5, 0.6) is 0 Å². The van der Waals surface area contributed by atoms with E-state index in [-0.39, 0.29) is 23.7 Å². The van der Waals surface area contributed by atoms with Gasteiger partial charge >= 0.3 is 0 Å². The van der Waals surface area contributed by atoms with Crippen LogP contribution in [0.4, 0.5) is 4.39 Å². The largest absolute Gasteiger partial charge is 0.345 e. The van der Waals surface area contributed by atoms with Crippen molar-refractivity contribution >= 4 is 11.8 Å². The van der Waals surface area contributed by atoms with E-state index in [4.69, 9.17) is 0 Å². The van der Waals surface area contributed by atoms with Crippen molar-refractivity contribution in [2.45, 2.75) is 38.1 Å². The van der Waals surface area contributed by atoms with Crippen LogP contribution in [-0.2, 0) is 17.6 Å².